The van der Waals surface area contributed by atoms with Gasteiger partial charge in [0.25, 0.3) is 0 Å². The molecule has 2 aromatic rings. The molecule has 76 valence electrons. The van der Waals surface area contributed by atoms with Gasteiger partial charge in [0, 0.05) is 6.42 Å². The number of nitrogens with zero attached hydrogens (tertiary/aromatic N) is 3. The fourth-order valence-corrected chi connectivity index (χ4v) is 1.13. The molecule has 0 spiro atoms. The monoisotopic (exact) mass is 203 g/mol. The number of ether oxygens (including phenoxy) is 1. The van der Waals surface area contributed by atoms with Gasteiger partial charge in [-0.05, 0) is 0 Å². The summed E-state index contributed by atoms with van der Waals surface area (Å²) in [6.45, 7) is 0.390. The summed E-state index contributed by atoms with van der Waals surface area (Å²) >= 11 is 0. The summed E-state index contributed by atoms with van der Waals surface area (Å²) in [6.07, 6.45) is 7.13. The second-order valence-electron chi connectivity index (χ2n) is 2.79. The number of nitrogens with two attached hydrogens (primary N) is 1. The van der Waals surface area contributed by atoms with Crippen LogP contribution in [0.4, 0.5) is 5.95 Å². The lowest BCUT2D eigenvalue weighted by Gasteiger charge is -2.03. The highest BCUT2D eigenvalue weighted by Gasteiger charge is 2.08. The van der Waals surface area contributed by atoms with Gasteiger partial charge in [-0.3, -0.25) is 0 Å². The van der Waals surface area contributed by atoms with E-state index in [-0.39, 0.29) is 5.95 Å². The average molecular weight is 203 g/mol. The first-order chi connectivity index (χ1) is 7.31. The normalized spacial score (nSPS) is 10.1. The molecule has 0 amide bonds. The van der Waals surface area contributed by atoms with Gasteiger partial charge in [-0.15, -0.1) is 12.3 Å². The molecule has 0 unspecified atom stereocenters. The molecule has 0 atom stereocenters. The van der Waals surface area contributed by atoms with Crippen LogP contribution in [-0.2, 0) is 0 Å². The van der Waals surface area contributed by atoms with Gasteiger partial charge in [-0.2, -0.15) is 9.97 Å². The second-order valence-corrected chi connectivity index (χ2v) is 2.79. The SMILES string of the molecule is C#CCCOc1nc(N)nc2nc[nH]c12. The Morgan fingerprint density at radius 1 is 1.53 bits per heavy atom. The van der Waals surface area contributed by atoms with E-state index in [2.05, 4.69) is 25.9 Å². The van der Waals surface area contributed by atoms with Crippen molar-refractivity contribution >= 4 is 17.1 Å². The Morgan fingerprint density at radius 3 is 3.20 bits per heavy atom. The lowest BCUT2D eigenvalue weighted by molar-refractivity contribution is 0.318. The van der Waals surface area contributed by atoms with Crippen LogP contribution in [0.3, 0.4) is 0 Å². The molecular formula is C9H9N5O. The number of imidazole rings is 1. The number of H-pyrrole nitrogens is 1. The summed E-state index contributed by atoms with van der Waals surface area (Å²) < 4.78 is 5.35. The van der Waals surface area contributed by atoms with Gasteiger partial charge in [0.15, 0.2) is 5.65 Å². The fraction of sp³-hybridized carbons (Fsp3) is 0.222. The number of nitrogen functional groups attached to an aromatic ring is 1. The van der Waals surface area contributed by atoms with Crippen molar-refractivity contribution in [3.63, 3.8) is 0 Å². The Morgan fingerprint density at radius 2 is 2.40 bits per heavy atom. The Bertz CT molecular complexity index is 513. The highest BCUT2D eigenvalue weighted by molar-refractivity contribution is 5.76. The molecule has 0 aliphatic heterocycles. The third-order valence-electron chi connectivity index (χ3n) is 1.75. The summed E-state index contributed by atoms with van der Waals surface area (Å²) in [5.41, 5.74) is 6.60. The van der Waals surface area contributed by atoms with E-state index in [4.69, 9.17) is 16.9 Å². The van der Waals surface area contributed by atoms with E-state index in [1.165, 1.54) is 6.33 Å². The molecule has 2 rings (SSSR count). The van der Waals surface area contributed by atoms with E-state index in [1.807, 2.05) is 0 Å². The van der Waals surface area contributed by atoms with Crippen LogP contribution >= 0.6 is 0 Å². The Balaban J connectivity index is 2.32. The molecule has 0 aliphatic carbocycles. The Hall–Kier alpha value is -2.29. The molecule has 0 fully saturated rings. The van der Waals surface area contributed by atoms with Crippen LogP contribution in [0.2, 0.25) is 0 Å². The number of rotatable bonds is 3. The first kappa shape index (κ1) is 9.27. The van der Waals surface area contributed by atoms with Crippen LogP contribution in [0, 0.1) is 12.3 Å². The third-order valence-corrected chi connectivity index (χ3v) is 1.75. The van der Waals surface area contributed by atoms with Crippen molar-refractivity contribution in [2.24, 2.45) is 0 Å². The highest BCUT2D eigenvalue weighted by Crippen LogP contribution is 2.19. The third kappa shape index (κ3) is 1.81. The number of terminal acetylenes is 1. The van der Waals surface area contributed by atoms with Gasteiger partial charge in [0.2, 0.25) is 11.8 Å². The van der Waals surface area contributed by atoms with Crippen molar-refractivity contribution in [2.75, 3.05) is 12.3 Å². The number of anilines is 1. The summed E-state index contributed by atoms with van der Waals surface area (Å²) in [7, 11) is 0. The van der Waals surface area contributed by atoms with Gasteiger partial charge >= 0.3 is 0 Å². The largest absolute Gasteiger partial charge is 0.475 e. The second kappa shape index (κ2) is 3.84. The van der Waals surface area contributed by atoms with Crippen molar-refractivity contribution in [3.05, 3.63) is 6.33 Å². The molecule has 0 bridgehead atoms. The molecule has 0 saturated carbocycles. The minimum atomic E-state index is 0.130. The van der Waals surface area contributed by atoms with Crippen LogP contribution in [-0.4, -0.2) is 26.5 Å². The molecule has 2 aromatic heterocycles. The topological polar surface area (TPSA) is 89.7 Å². The molecule has 0 aliphatic rings. The first-order valence-electron chi connectivity index (χ1n) is 4.34. The average Bonchev–Trinajstić information content (AvgIpc) is 2.65. The van der Waals surface area contributed by atoms with E-state index in [9.17, 15) is 0 Å². The molecule has 6 nitrogen and oxygen atoms in total. The molecule has 3 N–H and O–H groups in total. The number of aromatic nitrogens is 4. The number of aromatic amines is 1. The van der Waals surface area contributed by atoms with Crippen molar-refractivity contribution in [2.45, 2.75) is 6.42 Å². The van der Waals surface area contributed by atoms with Crippen LogP contribution in [0.25, 0.3) is 11.2 Å². The Kier molecular flexibility index (Phi) is 2.37. The highest BCUT2D eigenvalue weighted by atomic mass is 16.5. The molecule has 15 heavy (non-hydrogen) atoms. The summed E-state index contributed by atoms with van der Waals surface area (Å²) in [6, 6.07) is 0. The summed E-state index contributed by atoms with van der Waals surface area (Å²) in [5, 5.41) is 0. The minimum absolute atomic E-state index is 0.130. The first-order valence-corrected chi connectivity index (χ1v) is 4.34. The number of fused-ring (bicyclic) bond motifs is 1. The molecule has 0 saturated heterocycles. The summed E-state index contributed by atoms with van der Waals surface area (Å²) in [4.78, 5) is 14.7. The van der Waals surface area contributed by atoms with E-state index < -0.39 is 0 Å². The van der Waals surface area contributed by atoms with Crippen molar-refractivity contribution in [1.82, 2.24) is 19.9 Å². The quantitative estimate of drug-likeness (QED) is 0.554. The molecule has 0 aromatic carbocycles. The zero-order valence-electron chi connectivity index (χ0n) is 7.90. The van der Waals surface area contributed by atoms with Crippen molar-refractivity contribution in [3.8, 4) is 18.2 Å². The molecule has 6 heteroatoms. The van der Waals surface area contributed by atoms with Gasteiger partial charge in [0.05, 0.1) is 6.33 Å². The maximum Gasteiger partial charge on any atom is 0.245 e. The molecule has 2 heterocycles. The maximum absolute atomic E-state index is 5.49. The summed E-state index contributed by atoms with van der Waals surface area (Å²) in [5.74, 6) is 2.98. The van der Waals surface area contributed by atoms with Crippen LogP contribution in [0.5, 0.6) is 5.88 Å². The number of nitrogens with one attached hydrogen (secondary N) is 1. The predicted molar refractivity (Wildman–Crippen MR) is 55.0 cm³/mol. The zero-order chi connectivity index (χ0) is 10.7. The molecular weight excluding hydrogens is 194 g/mol. The van der Waals surface area contributed by atoms with E-state index in [1.54, 1.807) is 0 Å². The standard InChI is InChI=1S/C9H9N5O/c1-2-3-4-15-8-6-7(12-5-11-6)13-9(10)14-8/h1,5H,3-4H2,(H3,10,11,12,13,14). The van der Waals surface area contributed by atoms with Crippen LogP contribution in [0.15, 0.2) is 6.33 Å². The maximum atomic E-state index is 5.49. The Labute approximate surface area is 85.9 Å². The van der Waals surface area contributed by atoms with Gasteiger partial charge in [0.1, 0.15) is 12.1 Å². The lowest BCUT2D eigenvalue weighted by atomic mass is 10.5. The van der Waals surface area contributed by atoms with E-state index >= 15 is 0 Å². The smallest absolute Gasteiger partial charge is 0.245 e. The van der Waals surface area contributed by atoms with Crippen molar-refractivity contribution in [1.29, 1.82) is 0 Å². The van der Waals surface area contributed by atoms with Crippen LogP contribution < -0.4 is 10.5 Å². The minimum Gasteiger partial charge on any atom is -0.475 e. The van der Waals surface area contributed by atoms with Gasteiger partial charge < -0.3 is 15.5 Å². The van der Waals surface area contributed by atoms with E-state index in [0.29, 0.717) is 30.1 Å². The van der Waals surface area contributed by atoms with Gasteiger partial charge in [-0.25, -0.2) is 4.98 Å². The fourth-order valence-electron chi connectivity index (χ4n) is 1.13. The van der Waals surface area contributed by atoms with Gasteiger partial charge in [-0.1, -0.05) is 0 Å². The predicted octanol–water partition coefficient (Wildman–Crippen LogP) is 0.337. The molecule has 0 radical (unpaired) electrons. The number of hydrogen-bond acceptors (Lipinski definition) is 5. The van der Waals surface area contributed by atoms with Crippen LogP contribution in [0.1, 0.15) is 6.42 Å². The van der Waals surface area contributed by atoms with E-state index in [0.717, 1.165) is 0 Å². The lowest BCUT2D eigenvalue weighted by Crippen LogP contribution is -2.02. The zero-order valence-corrected chi connectivity index (χ0v) is 7.90. The number of hydrogen-bond donors (Lipinski definition) is 2. The van der Waals surface area contributed by atoms with Crippen molar-refractivity contribution < 1.29 is 4.74 Å².